The molecule has 0 amide bonds. The highest BCUT2D eigenvalue weighted by Gasteiger charge is 2.30. The second-order valence-corrected chi connectivity index (χ2v) is 7.54. The highest BCUT2D eigenvalue weighted by molar-refractivity contribution is 5.67. The molecular weight excluding hydrogens is 385 g/mol. The molecule has 1 aliphatic heterocycles. The number of pyridine rings is 1. The van der Waals surface area contributed by atoms with Gasteiger partial charge in [-0.3, -0.25) is 9.88 Å². The van der Waals surface area contributed by atoms with Gasteiger partial charge in [0, 0.05) is 32.0 Å². The van der Waals surface area contributed by atoms with Gasteiger partial charge in [-0.05, 0) is 64.9 Å². The number of rotatable bonds is 5. The molecule has 0 aliphatic carbocycles. The van der Waals surface area contributed by atoms with Gasteiger partial charge in [-0.15, -0.1) is 0 Å². The summed E-state index contributed by atoms with van der Waals surface area (Å²) in [7, 11) is 0. The van der Waals surface area contributed by atoms with E-state index in [1.54, 1.807) is 18.5 Å². The average Bonchev–Trinajstić information content (AvgIpc) is 2.78. The zero-order chi connectivity index (χ0) is 21.0. The van der Waals surface area contributed by atoms with Crippen molar-refractivity contribution in [1.29, 1.82) is 0 Å². The van der Waals surface area contributed by atoms with Crippen molar-refractivity contribution in [1.82, 2.24) is 9.88 Å². The van der Waals surface area contributed by atoms with E-state index in [0.717, 1.165) is 49.7 Å². The fourth-order valence-electron chi connectivity index (χ4n) is 3.81. The van der Waals surface area contributed by atoms with Gasteiger partial charge in [-0.25, -0.2) is 0 Å². The van der Waals surface area contributed by atoms with Crippen molar-refractivity contribution in [2.45, 2.75) is 19.0 Å². The van der Waals surface area contributed by atoms with Crippen LogP contribution in [0.1, 0.15) is 23.1 Å². The van der Waals surface area contributed by atoms with Gasteiger partial charge >= 0.3 is 6.18 Å². The Hall–Kier alpha value is -2.92. The normalized spacial score (nSPS) is 15.1. The Morgan fingerprint density at radius 2 is 1.63 bits per heavy atom. The zero-order valence-electron chi connectivity index (χ0n) is 16.6. The van der Waals surface area contributed by atoms with Gasteiger partial charge in [0.25, 0.3) is 0 Å². The van der Waals surface area contributed by atoms with Crippen molar-refractivity contribution in [3.63, 3.8) is 0 Å². The Morgan fingerprint density at radius 3 is 2.37 bits per heavy atom. The largest absolute Gasteiger partial charge is 0.416 e. The van der Waals surface area contributed by atoms with Crippen LogP contribution >= 0.6 is 0 Å². The molecule has 0 bridgehead atoms. The van der Waals surface area contributed by atoms with Crippen molar-refractivity contribution >= 4 is 5.57 Å². The van der Waals surface area contributed by atoms with Gasteiger partial charge in [-0.1, -0.05) is 42.5 Å². The summed E-state index contributed by atoms with van der Waals surface area (Å²) >= 11 is 0. The Labute approximate surface area is 174 Å². The molecule has 3 aromatic rings. The second kappa shape index (κ2) is 8.84. The highest BCUT2D eigenvalue weighted by atomic mass is 19.4. The summed E-state index contributed by atoms with van der Waals surface area (Å²) < 4.78 is 38.9. The first-order valence-corrected chi connectivity index (χ1v) is 10.1. The summed E-state index contributed by atoms with van der Waals surface area (Å²) in [4.78, 5) is 6.41. The van der Waals surface area contributed by atoms with Crippen molar-refractivity contribution in [2.24, 2.45) is 0 Å². The molecule has 1 aromatic heterocycles. The Balaban J connectivity index is 1.37. The van der Waals surface area contributed by atoms with Crippen molar-refractivity contribution < 1.29 is 13.2 Å². The van der Waals surface area contributed by atoms with E-state index in [-0.39, 0.29) is 0 Å². The molecule has 2 heterocycles. The summed E-state index contributed by atoms with van der Waals surface area (Å²) in [5.41, 5.74) is 4.69. The summed E-state index contributed by atoms with van der Waals surface area (Å²) in [6.07, 6.45) is 3.05. The first-order valence-electron chi connectivity index (χ1n) is 10.1. The van der Waals surface area contributed by atoms with Crippen molar-refractivity contribution in [2.75, 3.05) is 19.6 Å². The summed E-state index contributed by atoms with van der Waals surface area (Å²) in [5, 5.41) is 0. The van der Waals surface area contributed by atoms with Crippen molar-refractivity contribution in [3.8, 4) is 11.1 Å². The topological polar surface area (TPSA) is 16.1 Å². The first kappa shape index (κ1) is 20.4. The van der Waals surface area contributed by atoms with Crippen molar-refractivity contribution in [3.05, 3.63) is 95.8 Å². The molecule has 5 heteroatoms. The molecule has 0 N–H and O–H groups in total. The van der Waals surface area contributed by atoms with Crippen LogP contribution in [0.4, 0.5) is 13.2 Å². The fourth-order valence-corrected chi connectivity index (χ4v) is 3.81. The minimum Gasteiger partial charge on any atom is -0.299 e. The summed E-state index contributed by atoms with van der Waals surface area (Å²) in [5.74, 6) is 0. The molecule has 0 radical (unpaired) electrons. The highest BCUT2D eigenvalue weighted by Crippen LogP contribution is 2.32. The molecule has 2 nitrogen and oxygen atoms in total. The summed E-state index contributed by atoms with van der Waals surface area (Å²) in [6, 6.07) is 18.2. The molecule has 0 fully saturated rings. The van der Waals surface area contributed by atoms with E-state index in [9.17, 15) is 13.2 Å². The van der Waals surface area contributed by atoms with Gasteiger partial charge < -0.3 is 0 Å². The lowest BCUT2D eigenvalue weighted by molar-refractivity contribution is -0.137. The van der Waals surface area contributed by atoms with Crippen LogP contribution in [-0.2, 0) is 12.6 Å². The van der Waals surface area contributed by atoms with Crippen LogP contribution in [0.5, 0.6) is 0 Å². The third-order valence-electron chi connectivity index (χ3n) is 5.51. The summed E-state index contributed by atoms with van der Waals surface area (Å²) in [6.45, 7) is 2.54. The molecule has 2 aromatic carbocycles. The fraction of sp³-hybridized carbons (Fsp3) is 0.240. The van der Waals surface area contributed by atoms with Gasteiger partial charge in [0.05, 0.1) is 5.56 Å². The molecule has 0 spiro atoms. The number of alkyl halides is 3. The second-order valence-electron chi connectivity index (χ2n) is 7.54. The van der Waals surface area contributed by atoms with E-state index < -0.39 is 11.7 Å². The molecule has 0 saturated carbocycles. The molecule has 4 rings (SSSR count). The van der Waals surface area contributed by atoms with E-state index in [1.807, 2.05) is 12.1 Å². The molecular formula is C25H23F3N2. The van der Waals surface area contributed by atoms with Crippen LogP contribution in [-0.4, -0.2) is 29.5 Å². The van der Waals surface area contributed by atoms with E-state index >= 15 is 0 Å². The predicted molar refractivity (Wildman–Crippen MR) is 114 cm³/mol. The predicted octanol–water partition coefficient (Wildman–Crippen LogP) is 6.10. The van der Waals surface area contributed by atoms with Crippen LogP contribution in [0.3, 0.4) is 0 Å². The van der Waals surface area contributed by atoms with Crippen LogP contribution < -0.4 is 0 Å². The monoisotopic (exact) mass is 408 g/mol. The minimum absolute atomic E-state index is 0.586. The minimum atomic E-state index is -4.30. The lowest BCUT2D eigenvalue weighted by atomic mass is 9.97. The first-order chi connectivity index (χ1) is 14.5. The maximum Gasteiger partial charge on any atom is 0.416 e. The molecule has 30 heavy (non-hydrogen) atoms. The maximum absolute atomic E-state index is 13.0. The number of aromatic nitrogens is 1. The molecule has 0 unspecified atom stereocenters. The third kappa shape index (κ3) is 4.97. The van der Waals surface area contributed by atoms with Gasteiger partial charge in [0.1, 0.15) is 0 Å². The SMILES string of the molecule is FC(F)(F)c1cccc(C2=CCN(CCc3cccc(-c4ccncc4)c3)CC2)c1. The molecule has 0 atom stereocenters. The Morgan fingerprint density at radius 1 is 0.867 bits per heavy atom. The van der Waals surface area contributed by atoms with E-state index in [2.05, 4.69) is 40.2 Å². The average molecular weight is 408 g/mol. The lowest BCUT2D eigenvalue weighted by Crippen LogP contribution is -2.30. The number of hydrogen-bond acceptors (Lipinski definition) is 2. The van der Waals surface area contributed by atoms with Crippen LogP contribution in [0.2, 0.25) is 0 Å². The van der Waals surface area contributed by atoms with Gasteiger partial charge in [-0.2, -0.15) is 13.2 Å². The van der Waals surface area contributed by atoms with E-state index in [4.69, 9.17) is 0 Å². The van der Waals surface area contributed by atoms with Gasteiger partial charge in [0.2, 0.25) is 0 Å². The smallest absolute Gasteiger partial charge is 0.299 e. The number of benzene rings is 2. The van der Waals surface area contributed by atoms with Crippen LogP contribution in [0, 0.1) is 0 Å². The number of hydrogen-bond donors (Lipinski definition) is 0. The maximum atomic E-state index is 13.0. The van der Waals surface area contributed by atoms with Gasteiger partial charge in [0.15, 0.2) is 0 Å². The molecule has 0 saturated heterocycles. The number of halogens is 3. The zero-order valence-corrected chi connectivity index (χ0v) is 16.6. The van der Waals surface area contributed by atoms with E-state index in [1.165, 1.54) is 23.3 Å². The molecule has 1 aliphatic rings. The quantitative estimate of drug-likeness (QED) is 0.507. The van der Waals surface area contributed by atoms with Crippen LogP contribution in [0.15, 0.2) is 79.1 Å². The number of nitrogens with zero attached hydrogens (tertiary/aromatic N) is 2. The standard InChI is InChI=1S/C25H23F3N2/c26-25(27,28)24-6-2-5-23(18-24)21-10-15-30(16-11-21)14-9-19-3-1-4-22(17-19)20-7-12-29-13-8-20/h1-8,10,12-13,17-18H,9,11,14-16H2. The van der Waals surface area contributed by atoms with E-state index in [0.29, 0.717) is 5.56 Å². The molecule has 154 valence electrons. The Bertz CT molecular complexity index is 1030. The van der Waals surface area contributed by atoms with Crippen LogP contribution in [0.25, 0.3) is 16.7 Å². The Kier molecular flexibility index (Phi) is 6.00. The lowest BCUT2D eigenvalue weighted by Gasteiger charge is -2.26. The third-order valence-corrected chi connectivity index (χ3v) is 5.51.